The number of halogens is 1. The lowest BCUT2D eigenvalue weighted by molar-refractivity contribution is -0.136. The summed E-state index contributed by atoms with van der Waals surface area (Å²) in [6.45, 7) is 0. The summed E-state index contributed by atoms with van der Waals surface area (Å²) in [6.07, 6.45) is 0.481. The molecule has 0 fully saturated rings. The van der Waals surface area contributed by atoms with E-state index in [1.54, 1.807) is 0 Å². The Balaban J connectivity index is 3.14. The van der Waals surface area contributed by atoms with Crippen molar-refractivity contribution in [1.29, 1.82) is 0 Å². The minimum absolute atomic E-state index is 0.0669. The second kappa shape index (κ2) is 4.70. The monoisotopic (exact) mass is 262 g/mol. The van der Waals surface area contributed by atoms with Gasteiger partial charge in [-0.3, -0.25) is 4.79 Å². The van der Waals surface area contributed by atoms with Gasteiger partial charge in [0.05, 0.1) is 0 Å². The molecule has 0 saturated carbocycles. The second-order valence-corrected chi connectivity index (χ2v) is 5.56. The minimum atomic E-state index is -3.76. The molecule has 94 valence electrons. The van der Waals surface area contributed by atoms with Gasteiger partial charge in [-0.05, 0) is 18.1 Å². The van der Waals surface area contributed by atoms with Crippen LogP contribution in [0.2, 0.25) is 0 Å². The molecule has 0 spiro atoms. The fraction of sp³-hybridized carbons (Fsp3) is 0.300. The topological polar surface area (TPSA) is 91.7 Å². The third-order valence-corrected chi connectivity index (χ3v) is 3.25. The molecule has 0 atom stereocenters. The van der Waals surface area contributed by atoms with Crippen molar-refractivity contribution >= 4 is 15.8 Å². The molecule has 0 aliphatic rings. The number of benzene rings is 1. The van der Waals surface area contributed by atoms with Crippen LogP contribution < -0.4 is 0 Å². The summed E-state index contributed by atoms with van der Waals surface area (Å²) in [5.41, 5.74) is 0.0669. The quantitative estimate of drug-likeness (QED) is 0.843. The number of aryl methyl sites for hydroxylation is 1. The largest absolute Gasteiger partial charge is 0.508 e. The molecule has 0 aromatic heterocycles. The Bertz CT molecular complexity index is 550. The number of phenols is 1. The maximum absolute atomic E-state index is 13.4. The van der Waals surface area contributed by atoms with Crippen molar-refractivity contribution in [1.82, 2.24) is 0 Å². The standard InChI is InChI=1S/C10H11FO5S/c1-17(15,16)9-5-8(12)6(4-7(9)11)2-3-10(13)14/h4-5,12H,2-3H2,1H3,(H,13,14). The van der Waals surface area contributed by atoms with E-state index in [1.165, 1.54) is 0 Å². The van der Waals surface area contributed by atoms with E-state index in [1.807, 2.05) is 0 Å². The molecule has 0 bridgehead atoms. The number of hydrogen-bond acceptors (Lipinski definition) is 4. The van der Waals surface area contributed by atoms with Crippen molar-refractivity contribution < 1.29 is 27.8 Å². The maximum Gasteiger partial charge on any atom is 0.303 e. The van der Waals surface area contributed by atoms with E-state index in [0.717, 1.165) is 18.4 Å². The third kappa shape index (κ3) is 3.42. The van der Waals surface area contributed by atoms with Crippen LogP contribution in [0.1, 0.15) is 12.0 Å². The van der Waals surface area contributed by atoms with E-state index in [0.29, 0.717) is 0 Å². The molecule has 7 heteroatoms. The van der Waals surface area contributed by atoms with E-state index < -0.39 is 32.3 Å². The molecule has 0 amide bonds. The van der Waals surface area contributed by atoms with E-state index in [4.69, 9.17) is 5.11 Å². The Morgan fingerprint density at radius 2 is 2.00 bits per heavy atom. The van der Waals surface area contributed by atoms with Crippen LogP contribution in [0.5, 0.6) is 5.75 Å². The van der Waals surface area contributed by atoms with Gasteiger partial charge >= 0.3 is 5.97 Å². The molecule has 0 aliphatic heterocycles. The predicted octanol–water partition coefficient (Wildman–Crippen LogP) is 0.952. The van der Waals surface area contributed by atoms with Crippen LogP contribution in [-0.4, -0.2) is 30.9 Å². The van der Waals surface area contributed by atoms with E-state index in [-0.39, 0.29) is 18.4 Å². The van der Waals surface area contributed by atoms with Crippen molar-refractivity contribution in [2.75, 3.05) is 6.26 Å². The minimum Gasteiger partial charge on any atom is -0.508 e. The zero-order valence-electron chi connectivity index (χ0n) is 8.97. The summed E-state index contributed by atoms with van der Waals surface area (Å²) >= 11 is 0. The normalized spacial score (nSPS) is 11.4. The summed E-state index contributed by atoms with van der Waals surface area (Å²) in [5.74, 6) is -2.50. The maximum atomic E-state index is 13.4. The van der Waals surface area contributed by atoms with Crippen molar-refractivity contribution in [3.8, 4) is 5.75 Å². The van der Waals surface area contributed by atoms with Gasteiger partial charge in [0.1, 0.15) is 16.5 Å². The van der Waals surface area contributed by atoms with Crippen LogP contribution in [0.15, 0.2) is 17.0 Å². The van der Waals surface area contributed by atoms with Gasteiger partial charge < -0.3 is 10.2 Å². The number of carboxylic acids is 1. The molecule has 2 N–H and O–H groups in total. The average molecular weight is 262 g/mol. The van der Waals surface area contributed by atoms with Gasteiger partial charge in [0.25, 0.3) is 0 Å². The summed E-state index contributed by atoms with van der Waals surface area (Å²) in [5, 5.41) is 17.9. The Kier molecular flexibility index (Phi) is 3.72. The molecule has 0 heterocycles. The zero-order valence-corrected chi connectivity index (χ0v) is 9.79. The highest BCUT2D eigenvalue weighted by Crippen LogP contribution is 2.26. The van der Waals surface area contributed by atoms with Crippen LogP contribution in [0.3, 0.4) is 0 Å². The van der Waals surface area contributed by atoms with Crippen LogP contribution in [0.25, 0.3) is 0 Å². The SMILES string of the molecule is CS(=O)(=O)c1cc(O)c(CCC(=O)O)cc1F. The van der Waals surface area contributed by atoms with Crippen LogP contribution in [0.4, 0.5) is 4.39 Å². The van der Waals surface area contributed by atoms with Gasteiger partial charge in [-0.1, -0.05) is 0 Å². The lowest BCUT2D eigenvalue weighted by atomic mass is 10.1. The Morgan fingerprint density at radius 3 is 2.47 bits per heavy atom. The summed E-state index contributed by atoms with van der Waals surface area (Å²) in [6, 6.07) is 1.64. The summed E-state index contributed by atoms with van der Waals surface area (Å²) in [7, 11) is -3.76. The van der Waals surface area contributed by atoms with Crippen LogP contribution in [0, 0.1) is 5.82 Å². The van der Waals surface area contributed by atoms with E-state index >= 15 is 0 Å². The second-order valence-electron chi connectivity index (χ2n) is 3.58. The number of phenolic OH excluding ortho intramolecular Hbond substituents is 1. The Labute approximate surface area is 97.4 Å². The van der Waals surface area contributed by atoms with E-state index in [9.17, 15) is 22.7 Å². The van der Waals surface area contributed by atoms with Gasteiger partial charge in [-0.25, -0.2) is 12.8 Å². The van der Waals surface area contributed by atoms with Crippen molar-refractivity contribution in [3.63, 3.8) is 0 Å². The van der Waals surface area contributed by atoms with Gasteiger partial charge in [-0.2, -0.15) is 0 Å². The first-order valence-electron chi connectivity index (χ1n) is 4.65. The molecule has 1 aromatic rings. The highest BCUT2D eigenvalue weighted by atomic mass is 32.2. The fourth-order valence-corrected chi connectivity index (χ4v) is 2.05. The smallest absolute Gasteiger partial charge is 0.303 e. The number of sulfone groups is 1. The van der Waals surface area contributed by atoms with Crippen molar-refractivity contribution in [2.24, 2.45) is 0 Å². The van der Waals surface area contributed by atoms with Gasteiger partial charge in [0, 0.05) is 18.7 Å². The highest BCUT2D eigenvalue weighted by molar-refractivity contribution is 7.90. The molecule has 0 unspecified atom stereocenters. The number of aromatic hydroxyl groups is 1. The zero-order chi connectivity index (χ0) is 13.2. The molecule has 0 saturated heterocycles. The molecule has 5 nitrogen and oxygen atoms in total. The van der Waals surface area contributed by atoms with Gasteiger partial charge in [0.15, 0.2) is 9.84 Å². The van der Waals surface area contributed by atoms with Crippen LogP contribution in [-0.2, 0) is 21.1 Å². The van der Waals surface area contributed by atoms with Crippen LogP contribution >= 0.6 is 0 Å². The summed E-state index contributed by atoms with van der Waals surface area (Å²) in [4.78, 5) is 9.72. The van der Waals surface area contributed by atoms with E-state index in [2.05, 4.69) is 0 Å². The molecule has 1 rings (SSSR count). The first kappa shape index (κ1) is 13.4. The number of aliphatic carboxylic acids is 1. The third-order valence-electron chi connectivity index (χ3n) is 2.14. The molecule has 0 radical (unpaired) electrons. The highest BCUT2D eigenvalue weighted by Gasteiger charge is 2.17. The first-order valence-corrected chi connectivity index (χ1v) is 6.54. The predicted molar refractivity (Wildman–Crippen MR) is 57.1 cm³/mol. The van der Waals surface area contributed by atoms with Crippen molar-refractivity contribution in [2.45, 2.75) is 17.7 Å². The first-order chi connectivity index (χ1) is 7.71. The Morgan fingerprint density at radius 1 is 1.41 bits per heavy atom. The lowest BCUT2D eigenvalue weighted by Crippen LogP contribution is -2.03. The van der Waals surface area contributed by atoms with Crippen molar-refractivity contribution in [3.05, 3.63) is 23.5 Å². The Hall–Kier alpha value is -1.63. The lowest BCUT2D eigenvalue weighted by Gasteiger charge is -2.06. The number of carbonyl (C=O) groups is 1. The van der Waals surface area contributed by atoms with Gasteiger partial charge in [-0.15, -0.1) is 0 Å². The average Bonchev–Trinajstić information content (AvgIpc) is 2.17. The van der Waals surface area contributed by atoms with Gasteiger partial charge in [0.2, 0.25) is 0 Å². The molecular weight excluding hydrogens is 251 g/mol. The summed E-state index contributed by atoms with van der Waals surface area (Å²) < 4.78 is 35.7. The number of rotatable bonds is 4. The molecule has 0 aliphatic carbocycles. The molecule has 17 heavy (non-hydrogen) atoms. The fourth-order valence-electron chi connectivity index (χ4n) is 1.31. The molecular formula is C10H11FO5S. The number of carboxylic acid groups (broad SMARTS) is 1. The molecule has 1 aromatic carbocycles. The number of hydrogen-bond donors (Lipinski definition) is 2.